The molecular formula is C59H45N5. The molecule has 0 fully saturated rings. The normalized spacial score (nSPS) is 14.8. The Morgan fingerprint density at radius 2 is 0.906 bits per heavy atom. The van der Waals surface area contributed by atoms with Crippen molar-refractivity contribution in [2.45, 2.75) is 12.3 Å². The lowest BCUT2D eigenvalue weighted by molar-refractivity contribution is 0.409. The molecule has 64 heavy (non-hydrogen) atoms. The number of fused-ring (bicyclic) bond motifs is 2. The van der Waals surface area contributed by atoms with Crippen LogP contribution >= 0.6 is 0 Å². The number of benzene rings is 10. The first kappa shape index (κ1) is 38.7. The fourth-order valence-corrected chi connectivity index (χ4v) is 8.93. The summed E-state index contributed by atoms with van der Waals surface area (Å²) in [4.78, 5) is 5.07. The quantitative estimate of drug-likeness (QED) is 0.109. The Morgan fingerprint density at radius 3 is 1.48 bits per heavy atom. The van der Waals surface area contributed by atoms with E-state index in [4.69, 9.17) is 10.7 Å². The van der Waals surface area contributed by atoms with Crippen LogP contribution in [0.2, 0.25) is 0 Å². The van der Waals surface area contributed by atoms with E-state index in [0.717, 1.165) is 45.0 Å². The number of hydrogen-bond acceptors (Lipinski definition) is 5. The summed E-state index contributed by atoms with van der Waals surface area (Å²) >= 11 is 0. The molecule has 5 nitrogen and oxygen atoms in total. The average molecular weight is 824 g/mol. The molecule has 11 rings (SSSR count). The van der Waals surface area contributed by atoms with Gasteiger partial charge >= 0.3 is 0 Å². The summed E-state index contributed by atoms with van der Waals surface area (Å²) in [6, 6.07) is 81.6. The Hall–Kier alpha value is -8.25. The van der Waals surface area contributed by atoms with Gasteiger partial charge in [0.2, 0.25) is 0 Å². The third kappa shape index (κ3) is 7.77. The zero-order valence-corrected chi connectivity index (χ0v) is 35.1. The second-order valence-corrected chi connectivity index (χ2v) is 16.4. The molecule has 2 atom stereocenters. The zero-order chi connectivity index (χ0) is 42.8. The van der Waals surface area contributed by atoms with Crippen LogP contribution < -0.4 is 21.7 Å². The molecule has 5 heteroatoms. The van der Waals surface area contributed by atoms with Crippen LogP contribution in [0.4, 0.5) is 17.1 Å². The van der Waals surface area contributed by atoms with Crippen LogP contribution in [0.1, 0.15) is 29.0 Å². The Labute approximate surface area is 373 Å². The summed E-state index contributed by atoms with van der Waals surface area (Å²) in [6.07, 6.45) is -0.278. The van der Waals surface area contributed by atoms with Gasteiger partial charge in [-0.15, -0.1) is 0 Å². The average Bonchev–Trinajstić information content (AvgIpc) is 3.37. The molecule has 0 aromatic heterocycles. The van der Waals surface area contributed by atoms with E-state index in [0.29, 0.717) is 5.69 Å². The molecule has 0 saturated heterocycles. The lowest BCUT2D eigenvalue weighted by Crippen LogP contribution is -2.44. The first-order valence-electron chi connectivity index (χ1n) is 21.8. The highest BCUT2D eigenvalue weighted by molar-refractivity contribution is 6.07. The van der Waals surface area contributed by atoms with E-state index in [-0.39, 0.29) is 12.3 Å². The summed E-state index contributed by atoms with van der Waals surface area (Å²) in [6.45, 7) is 0. The molecule has 10 aromatic carbocycles. The maximum absolute atomic E-state index is 6.49. The van der Waals surface area contributed by atoms with Crippen molar-refractivity contribution in [2.75, 3.05) is 11.1 Å². The number of hydrogen-bond donors (Lipinski definition) is 4. The highest BCUT2D eigenvalue weighted by atomic mass is 15.3. The minimum absolute atomic E-state index is 0.110. The molecule has 2 unspecified atom stereocenters. The molecule has 0 amide bonds. The summed E-state index contributed by atoms with van der Waals surface area (Å²) in [5.41, 5.74) is 21.8. The Bertz CT molecular complexity index is 3290. The standard InChI is InChI=1S/C59H45N5/c60-55-38-47(32-35-56(55)61-50-18-8-3-9-19-50)41-24-22-39(23-25-41)45-30-33-51-48(36-45)16-10-20-53(51)54-21-11-17-49-37-46(31-34-52(49)54)40-26-28-44(29-27-40)59-63-57(42-12-4-1-5-13-42)62-58(64-59)43-14-6-2-7-15-43/h1-38,57,59,61,63H,60H2,(H,62,64). The number of nitrogen functional groups attached to an aromatic ring is 1. The van der Waals surface area contributed by atoms with Crippen molar-refractivity contribution in [3.63, 3.8) is 0 Å². The summed E-state index contributed by atoms with van der Waals surface area (Å²) in [5, 5.41) is 15.7. The van der Waals surface area contributed by atoms with Crippen LogP contribution in [0.25, 0.3) is 66.1 Å². The van der Waals surface area contributed by atoms with Gasteiger partial charge in [0, 0.05) is 11.3 Å². The molecule has 306 valence electrons. The molecule has 0 bridgehead atoms. The number of aliphatic imine (C=N–C) groups is 1. The van der Waals surface area contributed by atoms with E-state index in [1.54, 1.807) is 0 Å². The monoisotopic (exact) mass is 823 g/mol. The molecule has 5 N–H and O–H groups in total. The number of nitrogens with one attached hydrogen (secondary N) is 3. The van der Waals surface area contributed by atoms with Gasteiger partial charge in [-0.25, -0.2) is 4.99 Å². The number of rotatable bonds is 9. The van der Waals surface area contributed by atoms with Crippen molar-refractivity contribution in [1.29, 1.82) is 0 Å². The lowest BCUT2D eigenvalue weighted by Gasteiger charge is -2.32. The minimum Gasteiger partial charge on any atom is -0.397 e. The van der Waals surface area contributed by atoms with Gasteiger partial charge in [-0.3, -0.25) is 5.32 Å². The van der Waals surface area contributed by atoms with Crippen LogP contribution in [0.15, 0.2) is 236 Å². The van der Waals surface area contributed by atoms with E-state index < -0.39 is 0 Å². The lowest BCUT2D eigenvalue weighted by atomic mass is 9.91. The minimum atomic E-state index is -0.168. The van der Waals surface area contributed by atoms with Gasteiger partial charge in [0.15, 0.2) is 0 Å². The second kappa shape index (κ2) is 16.9. The van der Waals surface area contributed by atoms with Crippen molar-refractivity contribution in [1.82, 2.24) is 10.6 Å². The van der Waals surface area contributed by atoms with Crippen molar-refractivity contribution in [2.24, 2.45) is 4.99 Å². The molecular weight excluding hydrogens is 779 g/mol. The van der Waals surface area contributed by atoms with Crippen molar-refractivity contribution >= 4 is 44.4 Å². The van der Waals surface area contributed by atoms with E-state index in [9.17, 15) is 0 Å². The van der Waals surface area contributed by atoms with Crippen LogP contribution in [-0.2, 0) is 0 Å². The maximum Gasteiger partial charge on any atom is 0.131 e. The molecule has 0 saturated carbocycles. The van der Waals surface area contributed by atoms with Crippen LogP contribution in [0, 0.1) is 0 Å². The predicted molar refractivity (Wildman–Crippen MR) is 269 cm³/mol. The van der Waals surface area contributed by atoms with Gasteiger partial charge < -0.3 is 16.4 Å². The molecule has 1 aliphatic heterocycles. The number of amidine groups is 1. The molecule has 10 aromatic rings. The predicted octanol–water partition coefficient (Wildman–Crippen LogP) is 14.3. The van der Waals surface area contributed by atoms with Gasteiger partial charge in [0.05, 0.1) is 11.4 Å². The number of anilines is 3. The second-order valence-electron chi connectivity index (χ2n) is 16.4. The molecule has 1 aliphatic rings. The van der Waals surface area contributed by atoms with Crippen LogP contribution in [0.3, 0.4) is 0 Å². The number of nitrogens with zero attached hydrogens (tertiary/aromatic N) is 1. The van der Waals surface area contributed by atoms with Gasteiger partial charge in [-0.1, -0.05) is 194 Å². The Balaban J connectivity index is 0.829. The van der Waals surface area contributed by atoms with Crippen molar-refractivity contribution in [3.05, 3.63) is 247 Å². The largest absolute Gasteiger partial charge is 0.397 e. The van der Waals surface area contributed by atoms with Gasteiger partial charge in [-0.05, 0) is 114 Å². The first-order chi connectivity index (χ1) is 31.6. The van der Waals surface area contributed by atoms with Gasteiger partial charge in [0.1, 0.15) is 18.2 Å². The highest BCUT2D eigenvalue weighted by Crippen LogP contribution is 2.38. The third-order valence-corrected chi connectivity index (χ3v) is 12.3. The first-order valence-corrected chi connectivity index (χ1v) is 21.8. The summed E-state index contributed by atoms with van der Waals surface area (Å²) in [7, 11) is 0. The third-order valence-electron chi connectivity index (χ3n) is 12.3. The maximum atomic E-state index is 6.49. The summed E-state index contributed by atoms with van der Waals surface area (Å²) in [5.74, 6) is 0.881. The highest BCUT2D eigenvalue weighted by Gasteiger charge is 2.25. The van der Waals surface area contributed by atoms with E-state index in [2.05, 4.69) is 192 Å². The topological polar surface area (TPSA) is 74.5 Å². The van der Waals surface area contributed by atoms with Gasteiger partial charge in [-0.2, -0.15) is 0 Å². The number of nitrogens with two attached hydrogens (primary N) is 1. The van der Waals surface area contributed by atoms with Gasteiger partial charge in [0.25, 0.3) is 0 Å². The molecule has 1 heterocycles. The van der Waals surface area contributed by atoms with Crippen molar-refractivity contribution in [3.8, 4) is 44.5 Å². The molecule has 0 spiro atoms. The fourth-order valence-electron chi connectivity index (χ4n) is 8.93. The zero-order valence-electron chi connectivity index (χ0n) is 35.1. The SMILES string of the molecule is Nc1cc(-c2ccc(-c3ccc4c(-c5cccc6cc(-c7ccc(C8NC(c9ccccc9)=NC(c9ccccc9)N8)cc7)ccc56)cccc4c3)cc2)ccc1Nc1ccccc1. The Morgan fingerprint density at radius 1 is 0.406 bits per heavy atom. The van der Waals surface area contributed by atoms with E-state index in [1.165, 1.54) is 54.9 Å². The van der Waals surface area contributed by atoms with E-state index >= 15 is 0 Å². The molecule has 0 radical (unpaired) electrons. The van der Waals surface area contributed by atoms with E-state index in [1.807, 2.05) is 54.6 Å². The Kier molecular flexibility index (Phi) is 10.2. The smallest absolute Gasteiger partial charge is 0.131 e. The summed E-state index contributed by atoms with van der Waals surface area (Å²) < 4.78 is 0. The van der Waals surface area contributed by atoms with Crippen LogP contribution in [-0.4, -0.2) is 5.84 Å². The van der Waals surface area contributed by atoms with Crippen molar-refractivity contribution < 1.29 is 0 Å². The fraction of sp³-hybridized carbons (Fsp3) is 0.0339. The molecule has 0 aliphatic carbocycles. The number of para-hydroxylation sites is 1. The van der Waals surface area contributed by atoms with Crippen LogP contribution in [0.5, 0.6) is 0 Å².